The van der Waals surface area contributed by atoms with Gasteiger partial charge < -0.3 is 20.3 Å². The average Bonchev–Trinajstić information content (AvgIpc) is 3.24. The van der Waals surface area contributed by atoms with Gasteiger partial charge in [-0.05, 0) is 49.5 Å². The number of nitrogens with one attached hydrogen (secondary N) is 2. The molecule has 2 aromatic rings. The van der Waals surface area contributed by atoms with Gasteiger partial charge in [-0.3, -0.25) is 19.3 Å². The minimum absolute atomic E-state index is 0.0768. The van der Waals surface area contributed by atoms with E-state index in [0.29, 0.717) is 41.1 Å². The summed E-state index contributed by atoms with van der Waals surface area (Å²) in [5, 5.41) is 5.76. The normalized spacial score (nSPS) is 15.0. The van der Waals surface area contributed by atoms with Crippen molar-refractivity contribution in [3.8, 4) is 0 Å². The largest absolute Gasteiger partial charge is 0.370 e. The van der Waals surface area contributed by atoms with Crippen molar-refractivity contribution in [3.05, 3.63) is 45.6 Å². The van der Waals surface area contributed by atoms with Gasteiger partial charge in [0.1, 0.15) is 12.6 Å². The first kappa shape index (κ1) is 24.2. The van der Waals surface area contributed by atoms with Crippen LogP contribution in [0.5, 0.6) is 0 Å². The van der Waals surface area contributed by atoms with Crippen LogP contribution in [0.4, 0.5) is 11.4 Å². The Bertz CT molecular complexity index is 946. The fourth-order valence-electron chi connectivity index (χ4n) is 3.51. The molecule has 2 heterocycles. The molecule has 1 aliphatic rings. The van der Waals surface area contributed by atoms with Gasteiger partial charge in [-0.25, -0.2) is 0 Å². The third-order valence-electron chi connectivity index (χ3n) is 5.24. The lowest BCUT2D eigenvalue weighted by Gasteiger charge is -2.29. The van der Waals surface area contributed by atoms with E-state index in [2.05, 4.69) is 10.6 Å². The molecule has 8 nitrogen and oxygen atoms in total. The molecular formula is C22H27ClN4O4S. The van der Waals surface area contributed by atoms with Crippen molar-refractivity contribution < 1.29 is 19.1 Å². The van der Waals surface area contributed by atoms with Crippen molar-refractivity contribution in [2.45, 2.75) is 19.9 Å². The minimum atomic E-state index is -0.537. The Kier molecular flexibility index (Phi) is 8.63. The predicted octanol–water partition coefficient (Wildman–Crippen LogP) is 2.84. The quantitative estimate of drug-likeness (QED) is 0.578. The van der Waals surface area contributed by atoms with Crippen LogP contribution >= 0.6 is 22.9 Å². The second kappa shape index (κ2) is 11.4. The highest BCUT2D eigenvalue weighted by atomic mass is 35.5. The smallest absolute Gasteiger partial charge is 0.261 e. The van der Waals surface area contributed by atoms with Crippen LogP contribution in [0.15, 0.2) is 36.4 Å². The number of anilines is 2. The zero-order valence-electron chi connectivity index (χ0n) is 18.1. The molecule has 0 bridgehead atoms. The zero-order chi connectivity index (χ0) is 23.1. The first-order valence-corrected chi connectivity index (χ1v) is 11.7. The number of hydrogen-bond donors (Lipinski definition) is 2. The second-order valence-electron chi connectivity index (χ2n) is 7.18. The van der Waals surface area contributed by atoms with E-state index in [9.17, 15) is 14.4 Å². The summed E-state index contributed by atoms with van der Waals surface area (Å²) < 4.78 is 5.70. The Morgan fingerprint density at radius 1 is 1.19 bits per heavy atom. The molecule has 2 N–H and O–H groups in total. The van der Waals surface area contributed by atoms with E-state index >= 15 is 0 Å². The van der Waals surface area contributed by atoms with Crippen LogP contribution in [-0.4, -0.2) is 68.1 Å². The van der Waals surface area contributed by atoms with E-state index < -0.39 is 6.04 Å². The van der Waals surface area contributed by atoms with E-state index in [1.807, 2.05) is 18.7 Å². The van der Waals surface area contributed by atoms with Crippen LogP contribution in [0.2, 0.25) is 4.34 Å². The fraction of sp³-hybridized carbons (Fsp3) is 0.409. The lowest BCUT2D eigenvalue weighted by atomic mass is 10.2. The van der Waals surface area contributed by atoms with E-state index in [1.165, 1.54) is 11.3 Å². The topological polar surface area (TPSA) is 91.0 Å². The van der Waals surface area contributed by atoms with Gasteiger partial charge in [0.25, 0.3) is 11.8 Å². The Hall–Kier alpha value is -2.46. The number of carbonyl (C=O) groups is 3. The number of morpholine rings is 1. The van der Waals surface area contributed by atoms with E-state index in [0.717, 1.165) is 5.69 Å². The van der Waals surface area contributed by atoms with E-state index in [-0.39, 0.29) is 30.9 Å². The van der Waals surface area contributed by atoms with E-state index in [4.69, 9.17) is 16.3 Å². The summed E-state index contributed by atoms with van der Waals surface area (Å²) in [6.45, 7) is 6.51. The van der Waals surface area contributed by atoms with Gasteiger partial charge in [-0.1, -0.05) is 25.4 Å². The molecule has 0 saturated carbocycles. The summed E-state index contributed by atoms with van der Waals surface area (Å²) in [4.78, 5) is 41.6. The monoisotopic (exact) mass is 478 g/mol. The summed E-state index contributed by atoms with van der Waals surface area (Å²) in [7, 11) is 0. The van der Waals surface area contributed by atoms with Gasteiger partial charge in [-0.15, -0.1) is 11.3 Å². The SMILES string of the molecule is CCN(CC)[C@H](CNC(=O)c1ccc(Cl)s1)C(=O)Nc1ccc(N2CCOCC2=O)cc1. The van der Waals surface area contributed by atoms with Gasteiger partial charge in [0.05, 0.1) is 15.8 Å². The Labute approximate surface area is 196 Å². The first-order chi connectivity index (χ1) is 15.4. The number of halogens is 1. The van der Waals surface area contributed by atoms with Gasteiger partial charge in [0.2, 0.25) is 5.91 Å². The average molecular weight is 479 g/mol. The first-order valence-electron chi connectivity index (χ1n) is 10.5. The number of thiophene rings is 1. The number of nitrogens with zero attached hydrogens (tertiary/aromatic N) is 2. The maximum atomic E-state index is 13.1. The van der Waals surface area contributed by atoms with Crippen LogP contribution in [0.1, 0.15) is 23.5 Å². The summed E-state index contributed by atoms with van der Waals surface area (Å²) in [6, 6.07) is 9.92. The lowest BCUT2D eigenvalue weighted by molar-refractivity contribution is -0.125. The van der Waals surface area contributed by atoms with Crippen molar-refractivity contribution >= 4 is 52.0 Å². The standard InChI is InChI=1S/C22H27ClN4O4S/c1-3-26(4-2)17(13-24-22(30)18-9-10-19(23)32-18)21(29)25-15-5-7-16(8-6-15)27-11-12-31-14-20(27)28/h5-10,17H,3-4,11-14H2,1-2H3,(H,24,30)(H,25,29)/t17-/m1/s1. The molecule has 0 aliphatic carbocycles. The number of amides is 3. The highest BCUT2D eigenvalue weighted by Gasteiger charge is 2.25. The minimum Gasteiger partial charge on any atom is -0.370 e. The van der Waals surface area contributed by atoms with E-state index in [1.54, 1.807) is 41.3 Å². The Morgan fingerprint density at radius 2 is 1.91 bits per heavy atom. The third-order valence-corrected chi connectivity index (χ3v) is 6.47. The second-order valence-corrected chi connectivity index (χ2v) is 8.90. The Morgan fingerprint density at radius 3 is 2.50 bits per heavy atom. The zero-order valence-corrected chi connectivity index (χ0v) is 19.7. The number of hydrogen-bond acceptors (Lipinski definition) is 6. The number of likely N-dealkylation sites (N-methyl/N-ethyl adjacent to an activating group) is 1. The predicted molar refractivity (Wildman–Crippen MR) is 127 cm³/mol. The molecule has 1 saturated heterocycles. The van der Waals surface area contributed by atoms with Gasteiger partial charge >= 0.3 is 0 Å². The lowest BCUT2D eigenvalue weighted by Crippen LogP contribution is -2.50. The molecular weight excluding hydrogens is 452 g/mol. The summed E-state index contributed by atoms with van der Waals surface area (Å²) >= 11 is 7.11. The van der Waals surface area contributed by atoms with Crippen LogP contribution in [-0.2, 0) is 14.3 Å². The number of benzene rings is 1. The van der Waals surface area contributed by atoms with Gasteiger partial charge in [0.15, 0.2) is 0 Å². The fourth-order valence-corrected chi connectivity index (χ4v) is 4.47. The molecule has 0 spiro atoms. The van der Waals surface area contributed by atoms with Crippen LogP contribution in [0, 0.1) is 0 Å². The molecule has 3 rings (SSSR count). The van der Waals surface area contributed by atoms with Gasteiger partial charge in [0, 0.05) is 24.5 Å². The van der Waals surface area contributed by atoms with Gasteiger partial charge in [-0.2, -0.15) is 0 Å². The summed E-state index contributed by atoms with van der Waals surface area (Å²) in [5.74, 6) is -0.558. The highest BCUT2D eigenvalue weighted by Crippen LogP contribution is 2.22. The molecule has 0 radical (unpaired) electrons. The van der Waals surface area contributed by atoms with Crippen LogP contribution in [0.3, 0.4) is 0 Å². The molecule has 1 aromatic carbocycles. The Balaban J connectivity index is 1.65. The van der Waals surface area contributed by atoms with Crippen LogP contribution in [0.25, 0.3) is 0 Å². The molecule has 1 aliphatic heterocycles. The molecule has 1 fully saturated rings. The van der Waals surface area contributed by atoms with Crippen molar-refractivity contribution in [1.29, 1.82) is 0 Å². The number of ether oxygens (including phenoxy) is 1. The molecule has 10 heteroatoms. The van der Waals surface area contributed by atoms with Crippen molar-refractivity contribution in [2.24, 2.45) is 0 Å². The third kappa shape index (κ3) is 6.07. The maximum Gasteiger partial charge on any atom is 0.261 e. The number of carbonyl (C=O) groups excluding carboxylic acids is 3. The molecule has 1 atom stereocenters. The van der Waals surface area contributed by atoms with Crippen molar-refractivity contribution in [2.75, 3.05) is 49.6 Å². The van der Waals surface area contributed by atoms with Crippen molar-refractivity contribution in [3.63, 3.8) is 0 Å². The molecule has 32 heavy (non-hydrogen) atoms. The molecule has 0 unspecified atom stereocenters. The van der Waals surface area contributed by atoms with Crippen LogP contribution < -0.4 is 15.5 Å². The number of rotatable bonds is 9. The summed E-state index contributed by atoms with van der Waals surface area (Å²) in [6.07, 6.45) is 0. The highest BCUT2D eigenvalue weighted by molar-refractivity contribution is 7.18. The summed E-state index contributed by atoms with van der Waals surface area (Å²) in [5.41, 5.74) is 1.38. The molecule has 172 valence electrons. The maximum absolute atomic E-state index is 13.1. The van der Waals surface area contributed by atoms with Crippen molar-refractivity contribution in [1.82, 2.24) is 10.2 Å². The molecule has 3 amide bonds. The molecule has 1 aromatic heterocycles.